The molecule has 0 saturated heterocycles. The Labute approximate surface area is 160 Å². The van der Waals surface area contributed by atoms with Crippen molar-refractivity contribution in [1.82, 2.24) is 4.98 Å². The number of benzene rings is 3. The lowest BCUT2D eigenvalue weighted by Gasteiger charge is -2.04. The van der Waals surface area contributed by atoms with Gasteiger partial charge in [0, 0.05) is 10.9 Å². The van der Waals surface area contributed by atoms with E-state index in [2.05, 4.69) is 39.8 Å². The van der Waals surface area contributed by atoms with Gasteiger partial charge in [-0.3, -0.25) is 5.43 Å². The molecule has 3 aromatic carbocycles. The van der Waals surface area contributed by atoms with E-state index in [9.17, 15) is 5.11 Å². The van der Waals surface area contributed by atoms with Gasteiger partial charge in [-0.2, -0.15) is 5.10 Å². The van der Waals surface area contributed by atoms with Gasteiger partial charge < -0.3 is 9.84 Å². The lowest BCUT2D eigenvalue weighted by molar-refractivity contribution is 0.412. The van der Waals surface area contributed by atoms with Crippen LogP contribution in [0.4, 0.5) is 5.13 Å². The molecule has 4 aromatic rings. The second kappa shape index (κ2) is 7.47. The van der Waals surface area contributed by atoms with Crippen molar-refractivity contribution in [1.29, 1.82) is 0 Å². The first-order valence-corrected chi connectivity index (χ1v) is 9.22. The third-order valence-corrected chi connectivity index (χ3v) is 4.88. The number of nitrogens with zero attached hydrogens (tertiary/aromatic N) is 2. The van der Waals surface area contributed by atoms with Crippen molar-refractivity contribution < 1.29 is 9.84 Å². The van der Waals surface area contributed by atoms with Gasteiger partial charge >= 0.3 is 0 Å². The smallest absolute Gasteiger partial charge is 0.203 e. The van der Waals surface area contributed by atoms with Crippen LogP contribution in [0.3, 0.4) is 0 Å². The summed E-state index contributed by atoms with van der Waals surface area (Å²) in [7, 11) is 1.59. The molecule has 0 aliphatic carbocycles. The molecule has 0 radical (unpaired) electrons. The number of thiazole rings is 1. The van der Waals surface area contributed by atoms with Crippen LogP contribution < -0.4 is 10.2 Å². The zero-order chi connectivity index (χ0) is 18.6. The molecular formula is C21H17N3O2S. The fourth-order valence-corrected chi connectivity index (χ4v) is 3.41. The van der Waals surface area contributed by atoms with Crippen LogP contribution in [0.15, 0.2) is 71.1 Å². The molecule has 0 aliphatic rings. The topological polar surface area (TPSA) is 66.7 Å². The average molecular weight is 375 g/mol. The highest BCUT2D eigenvalue weighted by Gasteiger charge is 2.10. The van der Waals surface area contributed by atoms with Crippen molar-refractivity contribution in [3.63, 3.8) is 0 Å². The summed E-state index contributed by atoms with van der Waals surface area (Å²) in [5.41, 5.74) is 5.24. The number of aromatic nitrogens is 1. The molecule has 6 heteroatoms. The van der Waals surface area contributed by atoms with E-state index in [-0.39, 0.29) is 5.75 Å². The third kappa shape index (κ3) is 3.75. The molecule has 0 atom stereocenters. The molecule has 1 heterocycles. The lowest BCUT2D eigenvalue weighted by atomic mass is 10.1. The third-order valence-electron chi connectivity index (χ3n) is 4.13. The second-order valence-corrected chi connectivity index (χ2v) is 6.76. The highest BCUT2D eigenvalue weighted by atomic mass is 32.1. The van der Waals surface area contributed by atoms with Gasteiger partial charge in [0.1, 0.15) is 11.5 Å². The van der Waals surface area contributed by atoms with E-state index < -0.39 is 0 Å². The van der Waals surface area contributed by atoms with Gasteiger partial charge in [0.2, 0.25) is 5.13 Å². The molecule has 4 rings (SSSR count). The SMILES string of the molecule is COc1ccc(O)c(-c2csc(N/N=C\c3ccc4ccccc4c3)n2)c1. The van der Waals surface area contributed by atoms with Crippen LogP contribution in [-0.2, 0) is 0 Å². The Morgan fingerprint density at radius 3 is 2.78 bits per heavy atom. The number of hydrogen-bond acceptors (Lipinski definition) is 6. The minimum absolute atomic E-state index is 0.160. The summed E-state index contributed by atoms with van der Waals surface area (Å²) in [6.07, 6.45) is 1.76. The normalized spacial score (nSPS) is 11.1. The molecule has 0 saturated carbocycles. The highest BCUT2D eigenvalue weighted by Crippen LogP contribution is 2.34. The number of ether oxygens (including phenoxy) is 1. The van der Waals surface area contributed by atoms with Gasteiger partial charge in [-0.05, 0) is 40.6 Å². The van der Waals surface area contributed by atoms with Gasteiger partial charge in [0.05, 0.1) is 19.0 Å². The van der Waals surface area contributed by atoms with Crippen LogP contribution in [0.5, 0.6) is 11.5 Å². The number of rotatable bonds is 5. The molecule has 134 valence electrons. The number of hydrazone groups is 1. The van der Waals surface area contributed by atoms with Crippen LogP contribution >= 0.6 is 11.3 Å². The van der Waals surface area contributed by atoms with Crippen molar-refractivity contribution >= 4 is 33.5 Å². The zero-order valence-corrected chi connectivity index (χ0v) is 15.4. The van der Waals surface area contributed by atoms with Crippen molar-refractivity contribution in [3.05, 3.63) is 71.6 Å². The summed E-state index contributed by atoms with van der Waals surface area (Å²) in [4.78, 5) is 4.48. The van der Waals surface area contributed by atoms with E-state index in [0.29, 0.717) is 22.1 Å². The summed E-state index contributed by atoms with van der Waals surface area (Å²) >= 11 is 1.42. The minimum atomic E-state index is 0.160. The van der Waals surface area contributed by atoms with Gasteiger partial charge in [-0.25, -0.2) is 4.98 Å². The fourth-order valence-electron chi connectivity index (χ4n) is 2.75. The lowest BCUT2D eigenvalue weighted by Crippen LogP contribution is -1.90. The van der Waals surface area contributed by atoms with Crippen LogP contribution in [0.2, 0.25) is 0 Å². The molecule has 0 unspecified atom stereocenters. The minimum Gasteiger partial charge on any atom is -0.507 e. The average Bonchev–Trinajstić information content (AvgIpc) is 3.17. The van der Waals surface area contributed by atoms with Crippen LogP contribution in [0.25, 0.3) is 22.0 Å². The molecule has 5 nitrogen and oxygen atoms in total. The number of fused-ring (bicyclic) bond motifs is 1. The van der Waals surface area contributed by atoms with E-state index in [0.717, 1.165) is 5.56 Å². The van der Waals surface area contributed by atoms with Crippen LogP contribution in [-0.4, -0.2) is 23.4 Å². The summed E-state index contributed by atoms with van der Waals surface area (Å²) in [6.45, 7) is 0. The highest BCUT2D eigenvalue weighted by molar-refractivity contribution is 7.14. The molecule has 0 spiro atoms. The summed E-state index contributed by atoms with van der Waals surface area (Å²) in [6, 6.07) is 19.4. The predicted molar refractivity (Wildman–Crippen MR) is 111 cm³/mol. The number of hydrogen-bond donors (Lipinski definition) is 2. The Morgan fingerprint density at radius 1 is 1.07 bits per heavy atom. The Bertz CT molecular complexity index is 1120. The quantitative estimate of drug-likeness (QED) is 0.375. The second-order valence-electron chi connectivity index (χ2n) is 5.90. The Hall–Kier alpha value is -3.38. The standard InChI is InChI=1S/C21H17N3O2S/c1-26-17-8-9-20(25)18(11-17)19-13-27-21(23-19)24-22-12-14-6-7-15-4-2-3-5-16(15)10-14/h2-13,25H,1H3,(H,23,24)/b22-12-. The number of anilines is 1. The monoisotopic (exact) mass is 375 g/mol. The number of aromatic hydroxyl groups is 1. The predicted octanol–water partition coefficient (Wildman–Crippen LogP) is 5.12. The Balaban J connectivity index is 1.50. The van der Waals surface area contributed by atoms with Gasteiger partial charge in [0.25, 0.3) is 0 Å². The summed E-state index contributed by atoms with van der Waals surface area (Å²) in [5.74, 6) is 0.826. The number of nitrogens with one attached hydrogen (secondary N) is 1. The van der Waals surface area contributed by atoms with E-state index in [1.54, 1.807) is 31.5 Å². The maximum absolute atomic E-state index is 10.1. The first kappa shape index (κ1) is 17.1. The largest absolute Gasteiger partial charge is 0.507 e. The van der Waals surface area contributed by atoms with Crippen molar-refractivity contribution in [3.8, 4) is 22.8 Å². The zero-order valence-electron chi connectivity index (χ0n) is 14.6. The van der Waals surface area contributed by atoms with E-state index in [1.165, 1.54) is 22.1 Å². The maximum Gasteiger partial charge on any atom is 0.203 e. The number of methoxy groups -OCH3 is 1. The summed E-state index contributed by atoms with van der Waals surface area (Å²) < 4.78 is 5.21. The molecule has 2 N–H and O–H groups in total. The first-order chi connectivity index (χ1) is 13.2. The molecule has 0 bridgehead atoms. The Kier molecular flexibility index (Phi) is 4.72. The molecular weight excluding hydrogens is 358 g/mol. The van der Waals surface area contributed by atoms with E-state index in [1.807, 2.05) is 23.6 Å². The molecule has 0 aliphatic heterocycles. The van der Waals surface area contributed by atoms with E-state index in [4.69, 9.17) is 4.74 Å². The fraction of sp³-hybridized carbons (Fsp3) is 0.0476. The van der Waals surface area contributed by atoms with E-state index >= 15 is 0 Å². The van der Waals surface area contributed by atoms with Gasteiger partial charge in [0.15, 0.2) is 0 Å². The van der Waals surface area contributed by atoms with Gasteiger partial charge in [-0.1, -0.05) is 36.4 Å². The number of phenols is 1. The van der Waals surface area contributed by atoms with Crippen LogP contribution in [0.1, 0.15) is 5.56 Å². The van der Waals surface area contributed by atoms with Crippen molar-refractivity contribution in [2.45, 2.75) is 0 Å². The molecule has 27 heavy (non-hydrogen) atoms. The number of phenolic OH excluding ortho intramolecular Hbond substituents is 1. The molecule has 0 fully saturated rings. The van der Waals surface area contributed by atoms with Crippen molar-refractivity contribution in [2.75, 3.05) is 12.5 Å². The maximum atomic E-state index is 10.1. The van der Waals surface area contributed by atoms with Crippen LogP contribution in [0, 0.1) is 0 Å². The Morgan fingerprint density at radius 2 is 1.93 bits per heavy atom. The first-order valence-electron chi connectivity index (χ1n) is 8.34. The van der Waals surface area contributed by atoms with Gasteiger partial charge in [-0.15, -0.1) is 11.3 Å². The summed E-state index contributed by atoms with van der Waals surface area (Å²) in [5, 5.41) is 19.2. The molecule has 1 aromatic heterocycles. The molecule has 0 amide bonds. The van der Waals surface area contributed by atoms with Crippen molar-refractivity contribution in [2.24, 2.45) is 5.10 Å².